The fourth-order valence-electron chi connectivity index (χ4n) is 3.19. The highest BCUT2D eigenvalue weighted by atomic mass is 32.2. The largest absolute Gasteiger partial charge is 0.352 e. The topological polar surface area (TPSA) is 120 Å². The number of hydrogen-bond acceptors (Lipinski definition) is 6. The number of amides is 1. The Bertz CT molecular complexity index is 1410. The molecule has 2 aromatic carbocycles. The van der Waals surface area contributed by atoms with Gasteiger partial charge in [-0.1, -0.05) is 36.8 Å². The lowest BCUT2D eigenvalue weighted by molar-refractivity contribution is 0.0929. The van der Waals surface area contributed by atoms with Gasteiger partial charge in [0.15, 0.2) is 9.84 Å². The molecule has 0 bridgehead atoms. The fourth-order valence-corrected chi connectivity index (χ4v) is 3.82. The second-order valence-electron chi connectivity index (χ2n) is 7.97. The van der Waals surface area contributed by atoms with Crippen molar-refractivity contribution in [2.45, 2.75) is 44.7 Å². The average Bonchev–Trinajstić information content (AvgIpc) is 2.76. The van der Waals surface area contributed by atoms with E-state index < -0.39 is 32.7 Å². The zero-order valence-corrected chi connectivity index (χ0v) is 19.7. The first-order chi connectivity index (χ1) is 15.5. The number of rotatable bonds is 7. The molecule has 0 unspecified atom stereocenters. The summed E-state index contributed by atoms with van der Waals surface area (Å²) < 4.78 is 25.4. The second kappa shape index (κ2) is 9.53. The van der Waals surface area contributed by atoms with Crippen LogP contribution in [0.3, 0.4) is 0 Å². The molecule has 3 aromatic rings. The molecule has 0 aliphatic heterocycles. The Kier molecular flexibility index (Phi) is 6.97. The number of aryl methyl sites for hydroxylation is 1. The molecule has 10 heteroatoms. The van der Waals surface area contributed by atoms with Gasteiger partial charge < -0.3 is 5.32 Å². The van der Waals surface area contributed by atoms with Gasteiger partial charge in [-0.15, -0.1) is 0 Å². The monoisotopic (exact) mass is 470 g/mol. The molecule has 0 saturated heterocycles. The van der Waals surface area contributed by atoms with Crippen molar-refractivity contribution >= 4 is 15.7 Å². The van der Waals surface area contributed by atoms with Crippen LogP contribution in [0.4, 0.5) is 0 Å². The smallest absolute Gasteiger partial charge is 0.348 e. The molecule has 1 atom stereocenters. The van der Waals surface area contributed by atoms with Crippen molar-refractivity contribution in [3.63, 3.8) is 0 Å². The van der Waals surface area contributed by atoms with Gasteiger partial charge in [-0.05, 0) is 50.1 Å². The van der Waals surface area contributed by atoms with Crippen LogP contribution in [0.1, 0.15) is 41.9 Å². The van der Waals surface area contributed by atoms with E-state index >= 15 is 0 Å². The third kappa shape index (κ3) is 5.46. The quantitative estimate of drug-likeness (QED) is 0.561. The van der Waals surface area contributed by atoms with Crippen molar-refractivity contribution in [2.75, 3.05) is 6.26 Å². The van der Waals surface area contributed by atoms with E-state index in [0.717, 1.165) is 21.1 Å². The Morgan fingerprint density at radius 3 is 2.36 bits per heavy atom. The number of nitrogens with zero attached hydrogens (tertiary/aromatic N) is 3. The first kappa shape index (κ1) is 24.1. The number of sulfone groups is 1. The Hall–Kier alpha value is -3.53. The number of aromatic nitrogens is 3. The van der Waals surface area contributed by atoms with Gasteiger partial charge in [0.1, 0.15) is 0 Å². The molecule has 9 nitrogen and oxygen atoms in total. The van der Waals surface area contributed by atoms with Crippen molar-refractivity contribution in [3.8, 4) is 5.69 Å². The minimum Gasteiger partial charge on any atom is -0.348 e. The predicted octanol–water partition coefficient (Wildman–Crippen LogP) is 1.68. The highest BCUT2D eigenvalue weighted by molar-refractivity contribution is 7.90. The van der Waals surface area contributed by atoms with Crippen LogP contribution in [-0.2, 0) is 16.4 Å². The maximum absolute atomic E-state index is 13.2. The maximum atomic E-state index is 13.2. The molecular weight excluding hydrogens is 444 g/mol. The molecule has 0 saturated carbocycles. The molecule has 0 spiro atoms. The van der Waals surface area contributed by atoms with Crippen LogP contribution in [0.2, 0.25) is 0 Å². The summed E-state index contributed by atoms with van der Waals surface area (Å²) in [4.78, 5) is 39.2. The Balaban J connectivity index is 2.20. The summed E-state index contributed by atoms with van der Waals surface area (Å²) in [5.41, 5.74) is -0.0635. The van der Waals surface area contributed by atoms with Gasteiger partial charge in [0.2, 0.25) is 5.69 Å². The lowest BCUT2D eigenvalue weighted by Crippen LogP contribution is -2.47. The third-order valence-corrected chi connectivity index (χ3v) is 6.33. The van der Waals surface area contributed by atoms with Crippen LogP contribution in [0.5, 0.6) is 0 Å². The summed E-state index contributed by atoms with van der Waals surface area (Å²) in [5, 5.41) is 6.75. The minimum absolute atomic E-state index is 0.0487. The van der Waals surface area contributed by atoms with Gasteiger partial charge in [-0.3, -0.25) is 14.2 Å². The van der Waals surface area contributed by atoms with Crippen LogP contribution in [0.15, 0.2) is 63.0 Å². The number of nitrogens with one attached hydrogen (secondary N) is 1. The summed E-state index contributed by atoms with van der Waals surface area (Å²) >= 11 is 0. The normalized spacial score (nSPS) is 12.4. The summed E-state index contributed by atoms with van der Waals surface area (Å²) in [7, 11) is -3.44. The number of hydrogen-bond donors (Lipinski definition) is 1. The van der Waals surface area contributed by atoms with Crippen molar-refractivity contribution in [1.82, 2.24) is 19.7 Å². The van der Waals surface area contributed by atoms with E-state index in [-0.39, 0.29) is 23.2 Å². The highest BCUT2D eigenvalue weighted by Crippen LogP contribution is 2.12. The van der Waals surface area contributed by atoms with Gasteiger partial charge in [0.25, 0.3) is 11.5 Å². The average molecular weight is 471 g/mol. The fraction of sp³-hybridized carbons (Fsp3) is 0.304. The molecule has 1 amide bonds. The molecule has 1 heterocycles. The van der Waals surface area contributed by atoms with E-state index in [4.69, 9.17) is 0 Å². The summed E-state index contributed by atoms with van der Waals surface area (Å²) in [5.74, 6) is -0.686. The first-order valence-corrected chi connectivity index (χ1v) is 12.3. The van der Waals surface area contributed by atoms with E-state index in [1.54, 1.807) is 13.0 Å². The second-order valence-corrected chi connectivity index (χ2v) is 9.99. The Morgan fingerprint density at radius 1 is 1.12 bits per heavy atom. The lowest BCUT2D eigenvalue weighted by atomic mass is 10.1. The SMILES string of the molecule is CC[C@@H](C)NC(=O)c1nn(-c2ccc(S(C)(=O)=O)cc2)c(=O)n(Cc2cccc(C)c2)c1=O. The Labute approximate surface area is 191 Å². The van der Waals surface area contributed by atoms with E-state index in [1.165, 1.54) is 24.3 Å². The van der Waals surface area contributed by atoms with Crippen LogP contribution in [0, 0.1) is 6.92 Å². The molecular formula is C23H26N4O5S. The molecule has 0 aliphatic carbocycles. The molecule has 1 N–H and O–H groups in total. The lowest BCUT2D eigenvalue weighted by Gasteiger charge is -2.14. The molecule has 33 heavy (non-hydrogen) atoms. The minimum atomic E-state index is -3.44. The summed E-state index contributed by atoms with van der Waals surface area (Å²) in [6, 6.07) is 12.6. The molecule has 1 aromatic heterocycles. The van der Waals surface area contributed by atoms with Gasteiger partial charge in [0.05, 0.1) is 17.1 Å². The van der Waals surface area contributed by atoms with Crippen molar-refractivity contribution in [1.29, 1.82) is 0 Å². The van der Waals surface area contributed by atoms with Crippen molar-refractivity contribution < 1.29 is 13.2 Å². The van der Waals surface area contributed by atoms with Gasteiger partial charge >= 0.3 is 5.69 Å². The predicted molar refractivity (Wildman–Crippen MR) is 125 cm³/mol. The highest BCUT2D eigenvalue weighted by Gasteiger charge is 2.21. The van der Waals surface area contributed by atoms with E-state index in [2.05, 4.69) is 10.4 Å². The number of carbonyl (C=O) groups excluding carboxylic acids is 1. The van der Waals surface area contributed by atoms with Crippen LogP contribution in [-0.4, -0.2) is 41.0 Å². The molecule has 0 fully saturated rings. The van der Waals surface area contributed by atoms with Crippen LogP contribution < -0.4 is 16.6 Å². The zero-order valence-electron chi connectivity index (χ0n) is 18.9. The standard InChI is InChI=1S/C23H26N4O5S/c1-5-16(3)24-21(28)20-22(29)26(14-17-8-6-7-15(2)13-17)23(30)27(25-20)18-9-11-19(12-10-18)33(4,31)32/h6-13,16H,5,14H2,1-4H3,(H,24,28)/t16-/m1/s1. The molecule has 174 valence electrons. The van der Waals surface area contributed by atoms with Crippen molar-refractivity contribution in [3.05, 3.63) is 86.2 Å². The Morgan fingerprint density at radius 2 is 1.79 bits per heavy atom. The molecule has 0 radical (unpaired) electrons. The van der Waals surface area contributed by atoms with Gasteiger partial charge in [0, 0.05) is 12.3 Å². The number of benzene rings is 2. The third-order valence-electron chi connectivity index (χ3n) is 5.20. The zero-order chi connectivity index (χ0) is 24.3. The maximum Gasteiger partial charge on any atom is 0.352 e. The van der Waals surface area contributed by atoms with Crippen LogP contribution in [0.25, 0.3) is 5.69 Å². The molecule has 0 aliphatic rings. The van der Waals surface area contributed by atoms with Gasteiger partial charge in [-0.2, -0.15) is 9.78 Å². The summed E-state index contributed by atoms with van der Waals surface area (Å²) in [6.45, 7) is 5.53. The first-order valence-electron chi connectivity index (χ1n) is 10.4. The number of carbonyl (C=O) groups is 1. The van der Waals surface area contributed by atoms with Crippen LogP contribution >= 0.6 is 0 Å². The summed E-state index contributed by atoms with van der Waals surface area (Å²) in [6.07, 6.45) is 1.72. The van der Waals surface area contributed by atoms with E-state index in [9.17, 15) is 22.8 Å². The molecule has 3 rings (SSSR count). The van der Waals surface area contributed by atoms with E-state index in [1.807, 2.05) is 32.0 Å². The van der Waals surface area contributed by atoms with E-state index in [0.29, 0.717) is 12.0 Å². The van der Waals surface area contributed by atoms with Crippen molar-refractivity contribution in [2.24, 2.45) is 0 Å². The van der Waals surface area contributed by atoms with Gasteiger partial charge in [-0.25, -0.2) is 13.2 Å².